The Balaban J connectivity index is 2.06. The Kier molecular flexibility index (Phi) is 4.88. The molecule has 2 amide bonds. The molecule has 0 aliphatic rings. The van der Waals surface area contributed by atoms with Crippen LogP contribution in [0.25, 0.3) is 0 Å². The van der Waals surface area contributed by atoms with Crippen molar-refractivity contribution < 1.29 is 9.59 Å². The van der Waals surface area contributed by atoms with Crippen LogP contribution in [0.2, 0.25) is 0 Å². The minimum atomic E-state index is -0.668. The lowest BCUT2D eigenvalue weighted by atomic mass is 10.0. The van der Waals surface area contributed by atoms with E-state index in [4.69, 9.17) is 0 Å². The largest absolute Gasteiger partial charge is 0.340 e. The first kappa shape index (κ1) is 15.7. The zero-order chi connectivity index (χ0) is 16.1. The number of rotatable bonds is 5. The molecule has 7 heteroatoms. The zero-order valence-corrected chi connectivity index (χ0v) is 12.8. The third kappa shape index (κ3) is 3.91. The second kappa shape index (κ2) is 6.84. The molecule has 0 aliphatic heterocycles. The Morgan fingerprint density at radius 2 is 1.86 bits per heavy atom. The van der Waals surface area contributed by atoms with Crippen LogP contribution in [0.4, 0.5) is 5.95 Å². The van der Waals surface area contributed by atoms with E-state index in [1.54, 1.807) is 12.1 Å². The highest BCUT2D eigenvalue weighted by Gasteiger charge is 2.25. The number of carbonyl (C=O) groups excluding carboxylic acids is 2. The highest BCUT2D eigenvalue weighted by Crippen LogP contribution is 2.08. The SMILES string of the molecule is Cc1ccc(C(=O)N[C@@H](C(=O)Nc2ncn[nH]2)C(C)C)cc1. The Hall–Kier alpha value is -2.70. The maximum absolute atomic E-state index is 12.3. The van der Waals surface area contributed by atoms with Gasteiger partial charge in [-0.15, -0.1) is 0 Å². The van der Waals surface area contributed by atoms with Gasteiger partial charge in [0.15, 0.2) is 0 Å². The minimum absolute atomic E-state index is 0.0719. The van der Waals surface area contributed by atoms with E-state index in [1.807, 2.05) is 32.9 Å². The van der Waals surface area contributed by atoms with Crippen molar-refractivity contribution in [3.8, 4) is 0 Å². The number of carbonyl (C=O) groups is 2. The Morgan fingerprint density at radius 3 is 2.41 bits per heavy atom. The third-order valence-electron chi connectivity index (χ3n) is 3.21. The Labute approximate surface area is 128 Å². The number of anilines is 1. The summed E-state index contributed by atoms with van der Waals surface area (Å²) in [6.07, 6.45) is 1.30. The van der Waals surface area contributed by atoms with E-state index in [0.717, 1.165) is 5.56 Å². The van der Waals surface area contributed by atoms with Gasteiger partial charge < -0.3 is 5.32 Å². The maximum atomic E-state index is 12.3. The van der Waals surface area contributed by atoms with E-state index >= 15 is 0 Å². The highest BCUT2D eigenvalue weighted by molar-refractivity contribution is 6.00. The van der Waals surface area contributed by atoms with E-state index in [1.165, 1.54) is 6.33 Å². The molecule has 2 aromatic rings. The normalized spacial score (nSPS) is 12.0. The fraction of sp³-hybridized carbons (Fsp3) is 0.333. The van der Waals surface area contributed by atoms with Crippen LogP contribution in [-0.2, 0) is 4.79 Å². The number of aromatic amines is 1. The van der Waals surface area contributed by atoms with Crippen LogP contribution in [0, 0.1) is 12.8 Å². The molecule has 0 spiro atoms. The smallest absolute Gasteiger partial charge is 0.251 e. The summed E-state index contributed by atoms with van der Waals surface area (Å²) >= 11 is 0. The highest BCUT2D eigenvalue weighted by atomic mass is 16.2. The number of nitrogens with one attached hydrogen (secondary N) is 3. The molecular formula is C15H19N5O2. The van der Waals surface area contributed by atoms with Gasteiger partial charge in [0, 0.05) is 5.56 Å². The number of hydrogen-bond acceptors (Lipinski definition) is 4. The first-order valence-corrected chi connectivity index (χ1v) is 7.01. The van der Waals surface area contributed by atoms with E-state index in [-0.39, 0.29) is 23.7 Å². The summed E-state index contributed by atoms with van der Waals surface area (Å²) < 4.78 is 0. The molecule has 116 valence electrons. The lowest BCUT2D eigenvalue weighted by Gasteiger charge is -2.21. The minimum Gasteiger partial charge on any atom is -0.340 e. The Morgan fingerprint density at radius 1 is 1.18 bits per heavy atom. The van der Waals surface area contributed by atoms with Crippen molar-refractivity contribution in [2.75, 3.05) is 5.32 Å². The van der Waals surface area contributed by atoms with Gasteiger partial charge >= 0.3 is 0 Å². The molecule has 0 aliphatic carbocycles. The molecule has 1 aromatic heterocycles. The number of benzene rings is 1. The van der Waals surface area contributed by atoms with Gasteiger partial charge in [0.2, 0.25) is 11.9 Å². The van der Waals surface area contributed by atoms with Crippen molar-refractivity contribution >= 4 is 17.8 Å². The lowest BCUT2D eigenvalue weighted by Crippen LogP contribution is -2.47. The van der Waals surface area contributed by atoms with Gasteiger partial charge in [-0.3, -0.25) is 14.9 Å². The predicted molar refractivity (Wildman–Crippen MR) is 82.3 cm³/mol. The summed E-state index contributed by atoms with van der Waals surface area (Å²) in [5.74, 6) is -0.448. The van der Waals surface area contributed by atoms with E-state index in [9.17, 15) is 9.59 Å². The number of H-pyrrole nitrogens is 1. The van der Waals surface area contributed by atoms with Crippen molar-refractivity contribution in [1.29, 1.82) is 0 Å². The van der Waals surface area contributed by atoms with Gasteiger partial charge in [-0.1, -0.05) is 31.5 Å². The first-order valence-electron chi connectivity index (χ1n) is 7.01. The molecule has 1 aromatic carbocycles. The number of hydrogen-bond donors (Lipinski definition) is 3. The van der Waals surface area contributed by atoms with Crippen molar-refractivity contribution in [2.45, 2.75) is 26.8 Å². The molecule has 0 radical (unpaired) electrons. The molecular weight excluding hydrogens is 282 g/mol. The second-order valence-corrected chi connectivity index (χ2v) is 5.38. The molecule has 1 atom stereocenters. The fourth-order valence-corrected chi connectivity index (χ4v) is 1.92. The molecule has 0 unspecified atom stereocenters. The number of aryl methyl sites for hydroxylation is 1. The summed E-state index contributed by atoms with van der Waals surface area (Å²) in [5, 5.41) is 11.5. The molecule has 7 nitrogen and oxygen atoms in total. The van der Waals surface area contributed by atoms with Crippen LogP contribution in [0.3, 0.4) is 0 Å². The van der Waals surface area contributed by atoms with Gasteiger partial charge in [0.25, 0.3) is 5.91 Å². The van der Waals surface area contributed by atoms with Gasteiger partial charge in [-0.25, -0.2) is 5.10 Å². The monoisotopic (exact) mass is 301 g/mol. The van der Waals surface area contributed by atoms with E-state index < -0.39 is 6.04 Å². The van der Waals surface area contributed by atoms with Gasteiger partial charge in [-0.2, -0.15) is 10.1 Å². The van der Waals surface area contributed by atoms with Crippen molar-refractivity contribution in [3.05, 3.63) is 41.7 Å². The molecule has 22 heavy (non-hydrogen) atoms. The van der Waals surface area contributed by atoms with E-state index in [2.05, 4.69) is 25.8 Å². The molecule has 0 fully saturated rings. The van der Waals surface area contributed by atoms with Crippen LogP contribution in [0.5, 0.6) is 0 Å². The average Bonchev–Trinajstić information content (AvgIpc) is 2.97. The molecule has 0 bridgehead atoms. The fourth-order valence-electron chi connectivity index (χ4n) is 1.92. The van der Waals surface area contributed by atoms with Gasteiger partial charge in [0.05, 0.1) is 0 Å². The van der Waals surface area contributed by atoms with Crippen molar-refractivity contribution in [1.82, 2.24) is 20.5 Å². The summed E-state index contributed by atoms with van der Waals surface area (Å²) in [4.78, 5) is 28.3. The summed E-state index contributed by atoms with van der Waals surface area (Å²) in [6, 6.07) is 6.51. The standard InChI is InChI=1S/C15H19N5O2/c1-9(2)12(14(22)19-15-16-8-17-20-15)18-13(21)11-6-4-10(3)5-7-11/h4-9,12H,1-3H3,(H,18,21)(H2,16,17,19,20,22)/t12-/m1/s1. The van der Waals surface area contributed by atoms with Crippen molar-refractivity contribution in [2.24, 2.45) is 5.92 Å². The van der Waals surface area contributed by atoms with Crippen LogP contribution in [0.15, 0.2) is 30.6 Å². The zero-order valence-electron chi connectivity index (χ0n) is 12.8. The second-order valence-electron chi connectivity index (χ2n) is 5.38. The topological polar surface area (TPSA) is 99.8 Å². The third-order valence-corrected chi connectivity index (χ3v) is 3.21. The summed E-state index contributed by atoms with van der Waals surface area (Å²) in [6.45, 7) is 5.67. The molecule has 3 N–H and O–H groups in total. The van der Waals surface area contributed by atoms with Gasteiger partial charge in [0.1, 0.15) is 12.4 Å². The van der Waals surface area contributed by atoms with Crippen LogP contribution < -0.4 is 10.6 Å². The summed E-state index contributed by atoms with van der Waals surface area (Å²) in [5.41, 5.74) is 1.59. The van der Waals surface area contributed by atoms with Crippen LogP contribution >= 0.6 is 0 Å². The predicted octanol–water partition coefficient (Wildman–Crippen LogP) is 1.51. The number of amides is 2. The summed E-state index contributed by atoms with van der Waals surface area (Å²) in [7, 11) is 0. The molecule has 0 saturated carbocycles. The number of nitrogens with zero attached hydrogens (tertiary/aromatic N) is 2. The molecule has 0 saturated heterocycles. The van der Waals surface area contributed by atoms with Gasteiger partial charge in [-0.05, 0) is 25.0 Å². The quantitative estimate of drug-likeness (QED) is 0.779. The maximum Gasteiger partial charge on any atom is 0.251 e. The molecule has 1 heterocycles. The van der Waals surface area contributed by atoms with Crippen LogP contribution in [0.1, 0.15) is 29.8 Å². The number of aromatic nitrogens is 3. The first-order chi connectivity index (χ1) is 10.5. The average molecular weight is 301 g/mol. The Bertz CT molecular complexity index is 634. The van der Waals surface area contributed by atoms with Crippen LogP contribution in [-0.4, -0.2) is 33.0 Å². The van der Waals surface area contributed by atoms with Crippen molar-refractivity contribution in [3.63, 3.8) is 0 Å². The van der Waals surface area contributed by atoms with E-state index in [0.29, 0.717) is 5.56 Å². The molecule has 2 rings (SSSR count). The lowest BCUT2D eigenvalue weighted by molar-refractivity contribution is -0.118.